The van der Waals surface area contributed by atoms with Crippen molar-refractivity contribution in [3.63, 3.8) is 0 Å². The Labute approximate surface area is 189 Å². The molecule has 31 heavy (non-hydrogen) atoms. The van der Waals surface area contributed by atoms with Crippen LogP contribution in [0.1, 0.15) is 55.1 Å². The van der Waals surface area contributed by atoms with Crippen LogP contribution in [-0.4, -0.2) is 43.1 Å². The fraction of sp³-hybridized carbons (Fsp3) is 0.583. The van der Waals surface area contributed by atoms with Crippen LogP contribution in [-0.2, 0) is 11.3 Å². The minimum absolute atomic E-state index is 0.0181. The van der Waals surface area contributed by atoms with Gasteiger partial charge in [0.05, 0.1) is 25.8 Å². The first kappa shape index (κ1) is 22.1. The lowest BCUT2D eigenvalue weighted by Crippen LogP contribution is -2.44. The normalized spacial score (nSPS) is 21.0. The molecule has 2 aliphatic rings. The van der Waals surface area contributed by atoms with Gasteiger partial charge in [-0.25, -0.2) is 4.98 Å². The first-order valence-electron chi connectivity index (χ1n) is 11.3. The average molecular weight is 444 g/mol. The second kappa shape index (κ2) is 10.5. The summed E-state index contributed by atoms with van der Waals surface area (Å²) < 4.78 is 11.2. The van der Waals surface area contributed by atoms with Crippen molar-refractivity contribution in [3.05, 3.63) is 40.3 Å². The maximum atomic E-state index is 13.0. The number of ether oxygens (including phenoxy) is 2. The summed E-state index contributed by atoms with van der Waals surface area (Å²) in [4.78, 5) is 20.0. The van der Waals surface area contributed by atoms with Crippen molar-refractivity contribution < 1.29 is 14.3 Å². The van der Waals surface area contributed by atoms with E-state index < -0.39 is 0 Å². The zero-order chi connectivity index (χ0) is 21.6. The minimum atomic E-state index is -0.0181. The Morgan fingerprint density at radius 1 is 1.19 bits per heavy atom. The van der Waals surface area contributed by atoms with Crippen LogP contribution in [0.4, 0.5) is 0 Å². The van der Waals surface area contributed by atoms with E-state index in [0.29, 0.717) is 5.92 Å². The topological polar surface area (TPSA) is 63.7 Å². The van der Waals surface area contributed by atoms with Gasteiger partial charge in [0.15, 0.2) is 0 Å². The Balaban J connectivity index is 1.49. The lowest BCUT2D eigenvalue weighted by molar-refractivity contribution is -0.126. The molecule has 2 heterocycles. The molecule has 1 aliphatic carbocycles. The summed E-state index contributed by atoms with van der Waals surface area (Å²) in [6, 6.07) is 5.91. The number of nitrogens with one attached hydrogen (secondary N) is 1. The standard InChI is InChI=1S/C24H33N3O3S/c1-29-20-10-5-11-21(30-2)19(20)16-27-13-6-9-18(15-27)22(24-25-12-14-31-24)26-23(28)17-7-3-4-8-17/h5,10-12,14,17-18,22H,3-4,6-9,13,15-16H2,1-2H3,(H,26,28). The molecule has 4 rings (SSSR count). The highest BCUT2D eigenvalue weighted by Gasteiger charge is 2.33. The molecule has 2 aromatic rings. The summed E-state index contributed by atoms with van der Waals surface area (Å²) >= 11 is 1.64. The van der Waals surface area contributed by atoms with Gasteiger partial charge in [-0.15, -0.1) is 11.3 Å². The van der Waals surface area contributed by atoms with Crippen LogP contribution < -0.4 is 14.8 Å². The van der Waals surface area contributed by atoms with Crippen molar-refractivity contribution in [3.8, 4) is 11.5 Å². The molecule has 1 N–H and O–H groups in total. The molecule has 1 aromatic carbocycles. The van der Waals surface area contributed by atoms with Crippen molar-refractivity contribution >= 4 is 17.2 Å². The number of hydrogen-bond acceptors (Lipinski definition) is 6. The van der Waals surface area contributed by atoms with Gasteiger partial charge in [0, 0.05) is 30.6 Å². The molecule has 2 unspecified atom stereocenters. The van der Waals surface area contributed by atoms with Crippen LogP contribution in [0.5, 0.6) is 11.5 Å². The van der Waals surface area contributed by atoms with Gasteiger partial charge in [-0.3, -0.25) is 9.69 Å². The highest BCUT2D eigenvalue weighted by Crippen LogP contribution is 2.35. The summed E-state index contributed by atoms with van der Waals surface area (Å²) in [6.07, 6.45) is 8.39. The van der Waals surface area contributed by atoms with E-state index in [0.717, 1.165) is 80.2 Å². The van der Waals surface area contributed by atoms with Crippen molar-refractivity contribution in [2.45, 2.75) is 51.1 Å². The van der Waals surface area contributed by atoms with Crippen LogP contribution in [0.2, 0.25) is 0 Å². The quantitative estimate of drug-likeness (QED) is 0.654. The molecule has 2 atom stereocenters. The van der Waals surface area contributed by atoms with Crippen molar-refractivity contribution in [2.75, 3.05) is 27.3 Å². The Morgan fingerprint density at radius 3 is 2.58 bits per heavy atom. The number of likely N-dealkylation sites (tertiary alicyclic amines) is 1. The van der Waals surface area contributed by atoms with Crippen molar-refractivity contribution in [2.24, 2.45) is 11.8 Å². The highest BCUT2D eigenvalue weighted by molar-refractivity contribution is 7.09. The van der Waals surface area contributed by atoms with E-state index in [1.165, 1.54) is 0 Å². The molecule has 6 nitrogen and oxygen atoms in total. The SMILES string of the molecule is COc1cccc(OC)c1CN1CCCC(C(NC(=O)C2CCCC2)c2nccs2)C1. The minimum Gasteiger partial charge on any atom is -0.496 e. The third kappa shape index (κ3) is 5.21. The van der Waals surface area contributed by atoms with Gasteiger partial charge < -0.3 is 14.8 Å². The summed E-state index contributed by atoms with van der Waals surface area (Å²) in [6.45, 7) is 2.71. The number of carbonyl (C=O) groups is 1. The fourth-order valence-electron chi connectivity index (χ4n) is 5.04. The number of nitrogens with zero attached hydrogens (tertiary/aromatic N) is 2. The highest BCUT2D eigenvalue weighted by atomic mass is 32.1. The second-order valence-electron chi connectivity index (χ2n) is 8.62. The van der Waals surface area contributed by atoms with Gasteiger partial charge in [0.2, 0.25) is 5.91 Å². The zero-order valence-corrected chi connectivity index (χ0v) is 19.3. The monoisotopic (exact) mass is 443 g/mol. The van der Waals surface area contributed by atoms with Crippen molar-refractivity contribution in [1.29, 1.82) is 0 Å². The summed E-state index contributed by atoms with van der Waals surface area (Å²) in [7, 11) is 3.41. The largest absolute Gasteiger partial charge is 0.496 e. The Bertz CT molecular complexity index is 830. The molecule has 1 aliphatic heterocycles. The van der Waals surface area contributed by atoms with E-state index in [2.05, 4.69) is 15.2 Å². The van der Waals surface area contributed by atoms with Gasteiger partial charge in [-0.05, 0) is 50.3 Å². The number of aromatic nitrogens is 1. The smallest absolute Gasteiger partial charge is 0.223 e. The molecule has 0 radical (unpaired) electrons. The molecule has 1 aromatic heterocycles. The van der Waals surface area contributed by atoms with Gasteiger partial charge in [0.1, 0.15) is 16.5 Å². The van der Waals surface area contributed by atoms with Gasteiger partial charge in [0.25, 0.3) is 0 Å². The lowest BCUT2D eigenvalue weighted by Gasteiger charge is -2.37. The molecule has 1 saturated heterocycles. The molecule has 168 valence electrons. The number of benzene rings is 1. The predicted octanol–water partition coefficient (Wildman–Crippen LogP) is 4.42. The first-order valence-corrected chi connectivity index (χ1v) is 12.2. The maximum Gasteiger partial charge on any atom is 0.223 e. The number of carbonyl (C=O) groups excluding carboxylic acids is 1. The average Bonchev–Trinajstić information content (AvgIpc) is 3.52. The third-order valence-corrected chi connectivity index (χ3v) is 7.52. The Hall–Kier alpha value is -2.12. The van der Waals surface area contributed by atoms with Gasteiger partial charge in [-0.2, -0.15) is 0 Å². The first-order chi connectivity index (χ1) is 15.2. The zero-order valence-electron chi connectivity index (χ0n) is 18.5. The van der Waals surface area contributed by atoms with E-state index in [1.54, 1.807) is 25.6 Å². The van der Waals surface area contributed by atoms with Gasteiger partial charge >= 0.3 is 0 Å². The van der Waals surface area contributed by atoms with E-state index in [4.69, 9.17) is 9.47 Å². The van der Waals surface area contributed by atoms with Crippen LogP contribution in [0, 0.1) is 11.8 Å². The van der Waals surface area contributed by atoms with Crippen molar-refractivity contribution in [1.82, 2.24) is 15.2 Å². The second-order valence-corrected chi connectivity index (χ2v) is 9.54. The molecule has 2 fully saturated rings. The Morgan fingerprint density at radius 2 is 1.94 bits per heavy atom. The maximum absolute atomic E-state index is 13.0. The number of methoxy groups -OCH3 is 2. The number of hydrogen-bond donors (Lipinski definition) is 1. The van der Waals surface area contributed by atoms with Crippen LogP contribution >= 0.6 is 11.3 Å². The van der Waals surface area contributed by atoms with Crippen LogP contribution in [0.3, 0.4) is 0 Å². The number of piperidine rings is 1. The molecule has 1 amide bonds. The van der Waals surface area contributed by atoms with Gasteiger partial charge in [-0.1, -0.05) is 18.9 Å². The molecular formula is C24H33N3O3S. The van der Waals surface area contributed by atoms with Crippen LogP contribution in [0.25, 0.3) is 0 Å². The molecular weight excluding hydrogens is 410 g/mol. The molecule has 0 bridgehead atoms. The molecule has 7 heteroatoms. The Kier molecular flexibility index (Phi) is 7.45. The predicted molar refractivity (Wildman–Crippen MR) is 123 cm³/mol. The number of rotatable bonds is 8. The fourth-order valence-corrected chi connectivity index (χ4v) is 5.82. The summed E-state index contributed by atoms with van der Waals surface area (Å²) in [5.74, 6) is 2.42. The molecule has 1 saturated carbocycles. The van der Waals surface area contributed by atoms with E-state index >= 15 is 0 Å². The van der Waals surface area contributed by atoms with E-state index in [1.807, 2.05) is 29.8 Å². The summed E-state index contributed by atoms with van der Waals surface area (Å²) in [5.41, 5.74) is 1.08. The summed E-state index contributed by atoms with van der Waals surface area (Å²) in [5, 5.41) is 6.42. The van der Waals surface area contributed by atoms with Crippen LogP contribution in [0.15, 0.2) is 29.8 Å². The van der Waals surface area contributed by atoms with E-state index in [9.17, 15) is 4.79 Å². The lowest BCUT2D eigenvalue weighted by atomic mass is 9.90. The molecule has 0 spiro atoms. The van der Waals surface area contributed by atoms with E-state index in [-0.39, 0.29) is 17.9 Å². The number of thiazole rings is 1. The third-order valence-electron chi connectivity index (χ3n) is 6.67. The number of amides is 1.